The molecule has 0 saturated heterocycles. The van der Waals surface area contributed by atoms with E-state index in [1.165, 1.54) is 6.07 Å². The average Bonchev–Trinajstić information content (AvgIpc) is 2.54. The summed E-state index contributed by atoms with van der Waals surface area (Å²) in [7, 11) is -9.52. The Kier molecular flexibility index (Phi) is 6.17. The second-order valence-corrected chi connectivity index (χ2v) is 41.3. The van der Waals surface area contributed by atoms with Gasteiger partial charge in [-0.15, -0.1) is 0 Å². The van der Waals surface area contributed by atoms with Gasteiger partial charge in [0.2, 0.25) is 0 Å². The summed E-state index contributed by atoms with van der Waals surface area (Å²) >= 11 is -5.47. The van der Waals surface area contributed by atoms with Gasteiger partial charge in [-0.05, 0) is 0 Å². The predicted octanol–water partition coefficient (Wildman–Crippen LogP) is 3.11. The van der Waals surface area contributed by atoms with Gasteiger partial charge in [0.25, 0.3) is 0 Å². The molecule has 1 aliphatic rings. The molecule has 0 aromatic heterocycles. The van der Waals surface area contributed by atoms with Gasteiger partial charge in [0, 0.05) is 0 Å². The summed E-state index contributed by atoms with van der Waals surface area (Å²) in [5, 5.41) is -1.66. The van der Waals surface area contributed by atoms with Gasteiger partial charge in [-0.25, -0.2) is 0 Å². The van der Waals surface area contributed by atoms with E-state index in [-0.39, 0.29) is 16.9 Å². The quantitative estimate of drug-likeness (QED) is 0.380. The number of fused-ring (bicyclic) bond motifs is 2. The molecule has 7 nitrogen and oxygen atoms in total. The zero-order valence-corrected chi connectivity index (χ0v) is 25.1. The Morgan fingerprint density at radius 2 is 1.47 bits per heavy atom. The molecule has 2 N–H and O–H groups in total. The van der Waals surface area contributed by atoms with Gasteiger partial charge in [0.15, 0.2) is 0 Å². The predicted molar refractivity (Wildman–Crippen MR) is 122 cm³/mol. The monoisotopic (exact) mass is 670 g/mol. The number of hydrogen-bond donors (Lipinski definition) is 2. The molecule has 0 radical (unpaired) electrons. The van der Waals surface area contributed by atoms with Crippen molar-refractivity contribution in [1.29, 1.82) is 0 Å². The van der Waals surface area contributed by atoms with Gasteiger partial charge in [-0.1, -0.05) is 0 Å². The summed E-state index contributed by atoms with van der Waals surface area (Å²) in [6, 6.07) is 8.01. The molecule has 2 aromatic carbocycles. The summed E-state index contributed by atoms with van der Waals surface area (Å²) in [4.78, 5) is 12.3. The van der Waals surface area contributed by atoms with Gasteiger partial charge >= 0.3 is 188 Å². The molecule has 1 aliphatic heterocycles. The van der Waals surface area contributed by atoms with E-state index >= 15 is 0 Å². The van der Waals surface area contributed by atoms with Crippen molar-refractivity contribution in [2.45, 2.75) is 39.8 Å². The van der Waals surface area contributed by atoms with Crippen molar-refractivity contribution < 1.29 is 30.7 Å². The SMILES string of the molecule is [CH3][Sn]([CH3])([CH3])[c]1ccc2c(c1)Oc1[c]([Sn]([CH3])([CH3])[CH3])ccc(S(=O)(=O)O)c1C2S(=O)(=O)O. The normalized spacial score (nSPS) is 17.1. The van der Waals surface area contributed by atoms with E-state index in [1.54, 1.807) is 12.1 Å². The minimum atomic E-state index is -4.76. The van der Waals surface area contributed by atoms with E-state index in [1.807, 2.05) is 12.1 Å². The first kappa shape index (κ1) is 24.3. The van der Waals surface area contributed by atoms with Crippen molar-refractivity contribution in [3.63, 3.8) is 0 Å². The first-order valence-corrected chi connectivity index (χ1v) is 32.3. The van der Waals surface area contributed by atoms with Gasteiger partial charge in [-0.3, -0.25) is 0 Å². The maximum absolute atomic E-state index is 12.5. The van der Waals surface area contributed by atoms with Gasteiger partial charge in [0.1, 0.15) is 0 Å². The van der Waals surface area contributed by atoms with Crippen LogP contribution in [0.4, 0.5) is 0 Å². The third-order valence-electron chi connectivity index (χ3n) is 5.18. The zero-order valence-electron chi connectivity index (χ0n) is 17.7. The molecule has 0 saturated carbocycles. The molecule has 0 bridgehead atoms. The molecule has 11 heteroatoms. The van der Waals surface area contributed by atoms with Crippen LogP contribution in [-0.4, -0.2) is 62.7 Å². The third kappa shape index (κ3) is 4.56. The van der Waals surface area contributed by atoms with Crippen molar-refractivity contribution >= 4 is 64.1 Å². The summed E-state index contributed by atoms with van der Waals surface area (Å²) < 4.78 is 77.1. The number of rotatable bonds is 4. The van der Waals surface area contributed by atoms with E-state index in [9.17, 15) is 25.9 Å². The van der Waals surface area contributed by atoms with Crippen molar-refractivity contribution in [1.82, 2.24) is 0 Å². The summed E-state index contributed by atoms with van der Waals surface area (Å²) in [6.45, 7) is 0. The number of ether oxygens (including phenoxy) is 1. The molecule has 1 unspecified atom stereocenters. The molecule has 0 aliphatic carbocycles. The first-order chi connectivity index (χ1) is 13.4. The minimum absolute atomic E-state index is 0.129. The molecular weight excluding hydrogens is 642 g/mol. The van der Waals surface area contributed by atoms with Crippen LogP contribution in [0.25, 0.3) is 0 Å². The molecule has 2 aromatic rings. The molecule has 0 spiro atoms. The standard InChI is InChI=1S/C13H8O7S2.6CH3.2Sn/c14-21(15,16)11-7-3-6-10-12(11)13(22(17,18)19)8-4-1-2-5-9(8)20-10;;;;;;;;/h1,3-5,7,13H,(H,14,15,16)(H,17,18,19);6*1H3;;. The molecule has 0 fully saturated rings. The Labute approximate surface area is 186 Å². The molecule has 164 valence electrons. The van der Waals surface area contributed by atoms with Crippen LogP contribution in [0.15, 0.2) is 35.2 Å². The Morgan fingerprint density at radius 3 is 1.93 bits per heavy atom. The van der Waals surface area contributed by atoms with E-state index in [0.29, 0.717) is 5.75 Å². The van der Waals surface area contributed by atoms with Crippen molar-refractivity contribution in [2.24, 2.45) is 0 Å². The van der Waals surface area contributed by atoms with Crippen LogP contribution < -0.4 is 11.9 Å². The van der Waals surface area contributed by atoms with E-state index in [2.05, 4.69) is 29.6 Å². The molecular formula is C19H26O7S2Sn2. The second-order valence-electron chi connectivity index (χ2n) is 9.58. The fourth-order valence-electron chi connectivity index (χ4n) is 3.64. The third-order valence-corrected chi connectivity index (χ3v) is 18.7. The Bertz CT molecular complexity index is 1240. The van der Waals surface area contributed by atoms with E-state index in [0.717, 1.165) is 7.16 Å². The van der Waals surface area contributed by atoms with Crippen molar-refractivity contribution in [2.75, 3.05) is 0 Å². The Hall–Kier alpha value is -0.343. The van der Waals surface area contributed by atoms with Crippen LogP contribution in [0, 0.1) is 0 Å². The van der Waals surface area contributed by atoms with E-state index < -0.39 is 67.1 Å². The van der Waals surface area contributed by atoms with Gasteiger partial charge < -0.3 is 0 Å². The number of benzene rings is 2. The Balaban J connectivity index is 2.47. The molecule has 1 atom stereocenters. The Morgan fingerprint density at radius 1 is 0.867 bits per heavy atom. The average molecular weight is 668 g/mol. The summed E-state index contributed by atoms with van der Waals surface area (Å²) in [5.41, 5.74) is -0.0564. The van der Waals surface area contributed by atoms with Crippen molar-refractivity contribution in [3.05, 3.63) is 41.5 Å². The van der Waals surface area contributed by atoms with Crippen LogP contribution in [0.5, 0.6) is 11.5 Å². The molecule has 3 rings (SSSR count). The molecule has 30 heavy (non-hydrogen) atoms. The van der Waals surface area contributed by atoms with Crippen LogP contribution in [-0.2, 0) is 20.2 Å². The fourth-order valence-corrected chi connectivity index (χ4v) is 12.9. The van der Waals surface area contributed by atoms with Crippen LogP contribution >= 0.6 is 0 Å². The first-order valence-electron chi connectivity index (χ1n) is 9.36. The van der Waals surface area contributed by atoms with Gasteiger partial charge in [-0.2, -0.15) is 0 Å². The molecule has 0 amide bonds. The van der Waals surface area contributed by atoms with Crippen LogP contribution in [0.2, 0.25) is 29.6 Å². The summed E-state index contributed by atoms with van der Waals surface area (Å²) in [6.07, 6.45) is 0. The van der Waals surface area contributed by atoms with Crippen LogP contribution in [0.3, 0.4) is 0 Å². The van der Waals surface area contributed by atoms with Gasteiger partial charge in [0.05, 0.1) is 0 Å². The zero-order chi connectivity index (χ0) is 22.9. The maximum atomic E-state index is 12.5. The second kappa shape index (κ2) is 7.61. The summed E-state index contributed by atoms with van der Waals surface area (Å²) in [5.74, 6) is 0.434. The van der Waals surface area contributed by atoms with Crippen LogP contribution in [0.1, 0.15) is 16.4 Å². The molecule has 1 heterocycles. The van der Waals surface area contributed by atoms with Crippen molar-refractivity contribution in [3.8, 4) is 11.5 Å². The fraction of sp³-hybridized carbons (Fsp3) is 0.368. The number of hydrogen-bond acceptors (Lipinski definition) is 5. The topological polar surface area (TPSA) is 118 Å². The van der Waals surface area contributed by atoms with E-state index in [4.69, 9.17) is 4.74 Å².